The monoisotopic (exact) mass is 301 g/mol. The van der Waals surface area contributed by atoms with Gasteiger partial charge in [-0.25, -0.2) is 4.79 Å². The van der Waals surface area contributed by atoms with Gasteiger partial charge in [0, 0.05) is 24.7 Å². The minimum atomic E-state index is -1.65. The van der Waals surface area contributed by atoms with E-state index >= 15 is 0 Å². The van der Waals surface area contributed by atoms with Crippen LogP contribution in [-0.4, -0.2) is 55.8 Å². The van der Waals surface area contributed by atoms with Crippen molar-refractivity contribution in [2.45, 2.75) is 43.4 Å². The Hall–Kier alpha value is -1.52. The minimum Gasteiger partial charge on any atom is -0.394 e. The van der Waals surface area contributed by atoms with E-state index in [2.05, 4.69) is 4.98 Å². The number of nitrogens with zero attached hydrogens (tertiary/aromatic N) is 1. The lowest BCUT2D eigenvalue weighted by atomic mass is 9.96. The number of aliphatic hydroxyl groups excluding tert-OH is 3. The first-order chi connectivity index (χ1) is 9.81. The number of nitrogens with one attached hydrogen (secondary N) is 1. The average molecular weight is 301 g/mol. The van der Waals surface area contributed by atoms with Crippen LogP contribution in [0, 0.1) is 0 Å². The van der Waals surface area contributed by atoms with Crippen molar-refractivity contribution in [3.05, 3.63) is 33.1 Å². The average Bonchev–Trinajstić information content (AvgIpc) is 2.63. The van der Waals surface area contributed by atoms with Crippen LogP contribution in [0.5, 0.6) is 0 Å². The van der Waals surface area contributed by atoms with E-state index in [1.807, 2.05) is 0 Å². The molecule has 0 amide bonds. The number of aromatic nitrogens is 2. The van der Waals surface area contributed by atoms with Gasteiger partial charge in [0.25, 0.3) is 5.56 Å². The number of aliphatic hydroxyl groups is 3. The molecule has 0 bridgehead atoms. The molecule has 5 atom stereocenters. The summed E-state index contributed by atoms with van der Waals surface area (Å²) in [6.45, 7) is 1.12. The molecule has 9 heteroatoms. The molecule has 2 rings (SSSR count). The Kier molecular flexibility index (Phi) is 4.30. The zero-order valence-electron chi connectivity index (χ0n) is 11.5. The first kappa shape index (κ1) is 15.9. The number of ether oxygens (including phenoxy) is 1. The van der Waals surface area contributed by atoms with E-state index in [-0.39, 0.29) is 6.42 Å². The molecule has 9 nitrogen and oxygen atoms in total. The Bertz CT molecular complexity index is 612. The van der Waals surface area contributed by atoms with Gasteiger partial charge in [0.1, 0.15) is 18.3 Å². The Labute approximate surface area is 119 Å². The molecule has 21 heavy (non-hydrogen) atoms. The Balaban J connectivity index is 2.58. The first-order valence-corrected chi connectivity index (χ1v) is 6.54. The van der Waals surface area contributed by atoms with Crippen LogP contribution < -0.4 is 17.0 Å². The topological polar surface area (TPSA) is 151 Å². The molecule has 1 aromatic rings. The maximum atomic E-state index is 12.0. The van der Waals surface area contributed by atoms with Crippen LogP contribution in [-0.2, 0) is 10.5 Å². The summed E-state index contributed by atoms with van der Waals surface area (Å²) in [5, 5.41) is 29.5. The number of rotatable bonds is 4. The smallest absolute Gasteiger partial charge is 0.330 e. The lowest BCUT2D eigenvalue weighted by Gasteiger charge is -2.35. The van der Waals surface area contributed by atoms with Gasteiger partial charge in [-0.3, -0.25) is 14.3 Å². The third-order valence-electron chi connectivity index (χ3n) is 3.55. The normalized spacial score (nSPS) is 34.0. The zero-order valence-corrected chi connectivity index (χ0v) is 11.5. The Morgan fingerprint density at radius 3 is 2.67 bits per heavy atom. The van der Waals surface area contributed by atoms with Crippen LogP contribution in [0.2, 0.25) is 0 Å². The Morgan fingerprint density at radius 2 is 2.19 bits per heavy atom. The Morgan fingerprint density at radius 1 is 1.52 bits per heavy atom. The fourth-order valence-corrected chi connectivity index (χ4v) is 2.66. The molecule has 1 aromatic heterocycles. The molecule has 0 radical (unpaired) electrons. The largest absolute Gasteiger partial charge is 0.394 e. The zero-order chi connectivity index (χ0) is 15.8. The molecule has 118 valence electrons. The summed E-state index contributed by atoms with van der Waals surface area (Å²) < 4.78 is 6.54. The van der Waals surface area contributed by atoms with Gasteiger partial charge in [0.15, 0.2) is 5.72 Å². The van der Waals surface area contributed by atoms with Crippen molar-refractivity contribution in [3.8, 4) is 0 Å². The van der Waals surface area contributed by atoms with E-state index in [0.29, 0.717) is 0 Å². The minimum absolute atomic E-state index is 0.00762. The summed E-state index contributed by atoms with van der Waals surface area (Å²) in [7, 11) is 0. The highest BCUT2D eigenvalue weighted by molar-refractivity contribution is 5.02. The number of H-pyrrole nitrogens is 1. The SMILES string of the molecule is CC(N)C[C@@]1(n2ccc(=O)[nH]c2=O)O[C@H](CO)[C@@H](O)[C@H]1O. The van der Waals surface area contributed by atoms with Crippen molar-refractivity contribution in [3.63, 3.8) is 0 Å². The lowest BCUT2D eigenvalue weighted by molar-refractivity contribution is -0.157. The summed E-state index contributed by atoms with van der Waals surface area (Å²) in [6, 6.07) is 0.627. The third-order valence-corrected chi connectivity index (χ3v) is 3.55. The van der Waals surface area contributed by atoms with Crippen molar-refractivity contribution in [1.29, 1.82) is 0 Å². The van der Waals surface area contributed by atoms with Gasteiger partial charge in [-0.15, -0.1) is 0 Å². The lowest BCUT2D eigenvalue weighted by Crippen LogP contribution is -2.53. The van der Waals surface area contributed by atoms with Crippen molar-refractivity contribution < 1.29 is 20.1 Å². The molecular formula is C12H19N3O6. The van der Waals surface area contributed by atoms with Crippen molar-refractivity contribution in [2.75, 3.05) is 6.61 Å². The van der Waals surface area contributed by atoms with Gasteiger partial charge in [-0.1, -0.05) is 0 Å². The third kappa shape index (κ3) is 2.65. The van der Waals surface area contributed by atoms with Crippen LogP contribution in [0.3, 0.4) is 0 Å². The first-order valence-electron chi connectivity index (χ1n) is 6.54. The molecule has 6 N–H and O–H groups in total. The van der Waals surface area contributed by atoms with E-state index in [9.17, 15) is 24.9 Å². The molecule has 0 spiro atoms. The number of hydrogen-bond acceptors (Lipinski definition) is 7. The second-order valence-corrected chi connectivity index (χ2v) is 5.28. The maximum Gasteiger partial charge on any atom is 0.330 e. The van der Waals surface area contributed by atoms with Gasteiger partial charge in [-0.05, 0) is 6.92 Å². The van der Waals surface area contributed by atoms with Crippen molar-refractivity contribution in [1.82, 2.24) is 9.55 Å². The predicted molar refractivity (Wildman–Crippen MR) is 71.5 cm³/mol. The molecule has 2 heterocycles. The summed E-state index contributed by atoms with van der Waals surface area (Å²) in [6.07, 6.45) is -2.75. The highest BCUT2D eigenvalue weighted by atomic mass is 16.6. The van der Waals surface area contributed by atoms with Gasteiger partial charge >= 0.3 is 5.69 Å². The fourth-order valence-electron chi connectivity index (χ4n) is 2.66. The van der Waals surface area contributed by atoms with E-state index in [1.54, 1.807) is 6.92 Å². The maximum absolute atomic E-state index is 12.0. The molecular weight excluding hydrogens is 282 g/mol. The van der Waals surface area contributed by atoms with Gasteiger partial charge < -0.3 is 25.8 Å². The molecule has 0 saturated carbocycles. The van der Waals surface area contributed by atoms with Gasteiger partial charge in [0.2, 0.25) is 0 Å². The summed E-state index contributed by atoms with van der Waals surface area (Å²) in [4.78, 5) is 25.2. The van der Waals surface area contributed by atoms with Crippen LogP contribution >= 0.6 is 0 Å². The number of aromatic amines is 1. The van der Waals surface area contributed by atoms with Gasteiger partial charge in [0.05, 0.1) is 6.61 Å². The second-order valence-electron chi connectivity index (χ2n) is 5.28. The summed E-state index contributed by atoms with van der Waals surface area (Å²) in [5.41, 5.74) is 2.70. The van der Waals surface area contributed by atoms with Gasteiger partial charge in [-0.2, -0.15) is 0 Å². The molecule has 0 aromatic carbocycles. The van der Waals surface area contributed by atoms with E-state index in [1.165, 1.54) is 6.20 Å². The molecule has 1 fully saturated rings. The molecule has 1 saturated heterocycles. The second kappa shape index (κ2) is 5.70. The van der Waals surface area contributed by atoms with Crippen LogP contribution in [0.15, 0.2) is 21.9 Å². The molecule has 1 aliphatic heterocycles. The quantitative estimate of drug-likeness (QED) is 0.398. The highest BCUT2D eigenvalue weighted by Crippen LogP contribution is 2.38. The predicted octanol–water partition coefficient (Wildman–Crippen LogP) is -2.96. The molecule has 0 aliphatic carbocycles. The standard InChI is InChI=1S/C12H19N3O6/c1-6(13)4-12(10(19)9(18)7(5-16)21-12)15-3-2-8(17)14-11(15)20/h2-3,6-7,9-10,16,18-19H,4-5,13H2,1H3,(H,14,17,20)/t6?,7-,9-,10-,12-/m1/s1. The van der Waals surface area contributed by atoms with Crippen LogP contribution in [0.1, 0.15) is 13.3 Å². The fraction of sp³-hybridized carbons (Fsp3) is 0.667. The van der Waals surface area contributed by atoms with Crippen molar-refractivity contribution >= 4 is 0 Å². The van der Waals surface area contributed by atoms with E-state index in [0.717, 1.165) is 10.6 Å². The van der Waals surface area contributed by atoms with Crippen molar-refractivity contribution in [2.24, 2.45) is 5.73 Å². The summed E-state index contributed by atoms with van der Waals surface area (Å²) >= 11 is 0. The van der Waals surface area contributed by atoms with Crippen LogP contribution in [0.25, 0.3) is 0 Å². The molecule has 1 unspecified atom stereocenters. The van der Waals surface area contributed by atoms with E-state index in [4.69, 9.17) is 10.5 Å². The van der Waals surface area contributed by atoms with Crippen LogP contribution in [0.4, 0.5) is 0 Å². The summed E-state index contributed by atoms with van der Waals surface area (Å²) in [5.74, 6) is 0. The van der Waals surface area contributed by atoms with E-state index < -0.39 is 47.9 Å². The number of hydrogen-bond donors (Lipinski definition) is 5. The number of nitrogens with two attached hydrogens (primary N) is 1. The highest BCUT2D eigenvalue weighted by Gasteiger charge is 2.55. The molecule has 1 aliphatic rings.